The Kier molecular flexibility index (Phi) is 6.75. The van der Waals surface area contributed by atoms with Crippen LogP contribution in [0.3, 0.4) is 0 Å². The van der Waals surface area contributed by atoms with E-state index in [1.54, 1.807) is 36.2 Å². The van der Waals surface area contributed by atoms with Crippen LogP contribution in [-0.2, 0) is 16.1 Å². The normalized spacial score (nSPS) is 10.2. The number of hydrogen-bond acceptors (Lipinski definition) is 4. The van der Waals surface area contributed by atoms with Crippen molar-refractivity contribution < 1.29 is 14.3 Å². The van der Waals surface area contributed by atoms with E-state index in [-0.39, 0.29) is 24.8 Å². The van der Waals surface area contributed by atoms with Crippen LogP contribution < -0.4 is 0 Å². The van der Waals surface area contributed by atoms with E-state index in [1.165, 1.54) is 6.20 Å². The summed E-state index contributed by atoms with van der Waals surface area (Å²) in [6.45, 7) is 2.63. The van der Waals surface area contributed by atoms with Crippen molar-refractivity contribution in [1.29, 1.82) is 0 Å². The van der Waals surface area contributed by atoms with Crippen LogP contribution in [0.15, 0.2) is 48.8 Å². The van der Waals surface area contributed by atoms with Crippen molar-refractivity contribution in [2.75, 3.05) is 13.2 Å². The van der Waals surface area contributed by atoms with Crippen LogP contribution in [0, 0.1) is 0 Å². The van der Waals surface area contributed by atoms with E-state index in [4.69, 9.17) is 16.3 Å². The van der Waals surface area contributed by atoms with E-state index in [0.717, 1.165) is 5.56 Å². The number of carbonyl (C=O) groups is 2. The van der Waals surface area contributed by atoms with Gasteiger partial charge in [-0.3, -0.25) is 14.6 Å². The van der Waals surface area contributed by atoms with Crippen molar-refractivity contribution in [3.05, 3.63) is 64.9 Å². The monoisotopic (exact) mass is 346 g/mol. The summed E-state index contributed by atoms with van der Waals surface area (Å²) in [5.41, 5.74) is 1.29. The molecule has 2 aromatic rings. The molecule has 126 valence electrons. The third kappa shape index (κ3) is 5.06. The maximum absolute atomic E-state index is 12.7. The van der Waals surface area contributed by atoms with Crippen molar-refractivity contribution in [3.63, 3.8) is 0 Å². The van der Waals surface area contributed by atoms with Crippen molar-refractivity contribution in [1.82, 2.24) is 9.88 Å². The fourth-order valence-corrected chi connectivity index (χ4v) is 2.41. The molecular weight excluding hydrogens is 328 g/mol. The number of carbonyl (C=O) groups excluding carboxylic acids is 2. The maximum Gasteiger partial charge on any atom is 0.307 e. The highest BCUT2D eigenvalue weighted by molar-refractivity contribution is 6.31. The molecule has 0 radical (unpaired) electrons. The first-order valence-electron chi connectivity index (χ1n) is 7.70. The van der Waals surface area contributed by atoms with Gasteiger partial charge in [0.25, 0.3) is 5.91 Å². The zero-order valence-electron chi connectivity index (χ0n) is 13.4. The highest BCUT2D eigenvalue weighted by Crippen LogP contribution is 2.18. The topological polar surface area (TPSA) is 59.5 Å². The van der Waals surface area contributed by atoms with Crippen LogP contribution in [0.1, 0.15) is 29.3 Å². The summed E-state index contributed by atoms with van der Waals surface area (Å²) < 4.78 is 4.94. The minimum absolute atomic E-state index is 0.129. The van der Waals surface area contributed by atoms with Gasteiger partial charge in [0.1, 0.15) is 0 Å². The second-order valence-electron chi connectivity index (χ2n) is 5.11. The van der Waals surface area contributed by atoms with Crippen LogP contribution in [0.2, 0.25) is 5.02 Å². The molecule has 1 aromatic carbocycles. The van der Waals surface area contributed by atoms with Gasteiger partial charge in [-0.2, -0.15) is 0 Å². The second kappa shape index (κ2) is 9.03. The van der Waals surface area contributed by atoms with Crippen molar-refractivity contribution in [2.45, 2.75) is 19.9 Å². The van der Waals surface area contributed by atoms with E-state index in [1.807, 2.05) is 18.2 Å². The van der Waals surface area contributed by atoms with Crippen LogP contribution in [0.4, 0.5) is 0 Å². The number of aromatic nitrogens is 1. The second-order valence-corrected chi connectivity index (χ2v) is 5.52. The van der Waals surface area contributed by atoms with Crippen LogP contribution in [-0.4, -0.2) is 34.9 Å². The number of ether oxygens (including phenoxy) is 1. The Morgan fingerprint density at radius 2 is 2.00 bits per heavy atom. The lowest BCUT2D eigenvalue weighted by molar-refractivity contribution is -0.143. The lowest BCUT2D eigenvalue weighted by atomic mass is 10.1. The zero-order valence-corrected chi connectivity index (χ0v) is 14.2. The Balaban J connectivity index is 2.16. The summed E-state index contributed by atoms with van der Waals surface area (Å²) in [7, 11) is 0. The molecular formula is C18H19ClN2O3. The molecule has 1 amide bonds. The van der Waals surface area contributed by atoms with Crippen molar-refractivity contribution >= 4 is 23.5 Å². The number of hydrogen-bond donors (Lipinski definition) is 0. The number of amides is 1. The Morgan fingerprint density at radius 1 is 1.21 bits per heavy atom. The summed E-state index contributed by atoms with van der Waals surface area (Å²) in [6.07, 6.45) is 3.24. The first kappa shape index (κ1) is 17.9. The van der Waals surface area contributed by atoms with Crippen LogP contribution in [0.5, 0.6) is 0 Å². The average molecular weight is 347 g/mol. The van der Waals surface area contributed by atoms with Gasteiger partial charge in [-0.05, 0) is 30.7 Å². The van der Waals surface area contributed by atoms with Crippen molar-refractivity contribution in [3.8, 4) is 0 Å². The fraction of sp³-hybridized carbons (Fsp3) is 0.278. The Bertz CT molecular complexity index is 692. The Hall–Kier alpha value is -2.40. The molecule has 0 N–H and O–H groups in total. The fourth-order valence-electron chi connectivity index (χ4n) is 2.22. The van der Waals surface area contributed by atoms with Gasteiger partial charge >= 0.3 is 5.97 Å². The van der Waals surface area contributed by atoms with Crippen LogP contribution in [0.25, 0.3) is 0 Å². The molecule has 2 rings (SSSR count). The zero-order chi connectivity index (χ0) is 17.4. The lowest BCUT2D eigenvalue weighted by Gasteiger charge is -2.23. The first-order chi connectivity index (χ1) is 11.6. The van der Waals surface area contributed by atoms with E-state index < -0.39 is 0 Å². The quantitative estimate of drug-likeness (QED) is 0.721. The SMILES string of the molecule is CCOC(=O)CCN(Cc1ccccc1Cl)C(=O)c1cccnc1. The summed E-state index contributed by atoms with van der Waals surface area (Å²) in [4.78, 5) is 29.9. The van der Waals surface area contributed by atoms with Gasteiger partial charge < -0.3 is 9.64 Å². The summed E-state index contributed by atoms with van der Waals surface area (Å²) in [5.74, 6) is -0.534. The molecule has 0 aliphatic rings. The minimum atomic E-state index is -0.333. The van der Waals surface area contributed by atoms with E-state index in [0.29, 0.717) is 23.7 Å². The van der Waals surface area contributed by atoms with Gasteiger partial charge in [0.05, 0.1) is 18.6 Å². The van der Waals surface area contributed by atoms with E-state index in [9.17, 15) is 9.59 Å². The number of pyridine rings is 1. The third-order valence-corrected chi connectivity index (χ3v) is 3.77. The molecule has 0 spiro atoms. The molecule has 0 unspecified atom stereocenters. The van der Waals surface area contributed by atoms with Gasteiger partial charge in [-0.25, -0.2) is 0 Å². The van der Waals surface area contributed by atoms with E-state index >= 15 is 0 Å². The minimum Gasteiger partial charge on any atom is -0.466 e. The third-order valence-electron chi connectivity index (χ3n) is 3.41. The number of halogens is 1. The van der Waals surface area contributed by atoms with Gasteiger partial charge in [0.2, 0.25) is 0 Å². The van der Waals surface area contributed by atoms with Gasteiger partial charge in [0.15, 0.2) is 0 Å². The largest absolute Gasteiger partial charge is 0.466 e. The Labute approximate surface area is 146 Å². The average Bonchev–Trinajstić information content (AvgIpc) is 2.60. The maximum atomic E-state index is 12.7. The van der Waals surface area contributed by atoms with Gasteiger partial charge in [0, 0.05) is 30.5 Å². The number of benzene rings is 1. The summed E-state index contributed by atoms with van der Waals surface area (Å²) >= 11 is 6.19. The van der Waals surface area contributed by atoms with Crippen molar-refractivity contribution in [2.24, 2.45) is 0 Å². The molecule has 24 heavy (non-hydrogen) atoms. The predicted octanol–water partition coefficient (Wildman–Crippen LogP) is 3.33. The predicted molar refractivity (Wildman–Crippen MR) is 91.7 cm³/mol. The lowest BCUT2D eigenvalue weighted by Crippen LogP contribution is -2.33. The standard InChI is InChI=1S/C18H19ClN2O3/c1-2-24-17(22)9-11-21(13-15-6-3-4-8-16(15)19)18(23)14-7-5-10-20-12-14/h3-8,10,12H,2,9,11,13H2,1H3. The molecule has 6 heteroatoms. The molecule has 1 aromatic heterocycles. The van der Waals surface area contributed by atoms with E-state index in [2.05, 4.69) is 4.98 Å². The molecule has 0 bridgehead atoms. The number of esters is 1. The molecule has 0 aliphatic carbocycles. The molecule has 0 saturated heterocycles. The first-order valence-corrected chi connectivity index (χ1v) is 8.08. The van der Waals surface area contributed by atoms with Crippen LogP contribution >= 0.6 is 11.6 Å². The highest BCUT2D eigenvalue weighted by atomic mass is 35.5. The Morgan fingerprint density at radius 3 is 2.67 bits per heavy atom. The highest BCUT2D eigenvalue weighted by Gasteiger charge is 2.18. The molecule has 1 heterocycles. The molecule has 0 atom stereocenters. The summed E-state index contributed by atoms with van der Waals surface area (Å²) in [6, 6.07) is 10.7. The number of nitrogens with zero attached hydrogens (tertiary/aromatic N) is 2. The molecule has 5 nitrogen and oxygen atoms in total. The summed E-state index contributed by atoms with van der Waals surface area (Å²) in [5, 5.41) is 0.581. The molecule has 0 saturated carbocycles. The number of rotatable bonds is 7. The molecule has 0 aliphatic heterocycles. The van der Waals surface area contributed by atoms with Gasteiger partial charge in [-0.15, -0.1) is 0 Å². The smallest absolute Gasteiger partial charge is 0.307 e. The molecule has 0 fully saturated rings. The van der Waals surface area contributed by atoms with Gasteiger partial charge in [-0.1, -0.05) is 29.8 Å².